The summed E-state index contributed by atoms with van der Waals surface area (Å²) >= 11 is 0. The molecule has 1 aromatic carbocycles. The van der Waals surface area contributed by atoms with Gasteiger partial charge in [0.1, 0.15) is 5.69 Å². The summed E-state index contributed by atoms with van der Waals surface area (Å²) in [6.45, 7) is 7.33. The van der Waals surface area contributed by atoms with Gasteiger partial charge < -0.3 is 15.5 Å². The van der Waals surface area contributed by atoms with E-state index < -0.39 is 24.0 Å². The van der Waals surface area contributed by atoms with Crippen molar-refractivity contribution in [1.82, 2.24) is 10.3 Å². The second-order valence-corrected chi connectivity index (χ2v) is 6.15. The van der Waals surface area contributed by atoms with E-state index in [9.17, 15) is 14.4 Å². The number of aryl methyl sites for hydroxylation is 2. The maximum absolute atomic E-state index is 12.4. The molecule has 7 nitrogen and oxygen atoms in total. The Morgan fingerprint density at radius 1 is 1.17 bits per heavy atom. The van der Waals surface area contributed by atoms with Gasteiger partial charge in [-0.3, -0.25) is 10.1 Å². The van der Waals surface area contributed by atoms with E-state index in [4.69, 9.17) is 10.5 Å². The third kappa shape index (κ3) is 3.73. The van der Waals surface area contributed by atoms with Gasteiger partial charge in [0.2, 0.25) is 0 Å². The zero-order valence-corrected chi connectivity index (χ0v) is 14.1. The number of aromatic nitrogens is 1. The minimum Gasteiger partial charge on any atom is -0.447 e. The van der Waals surface area contributed by atoms with E-state index in [2.05, 4.69) is 4.98 Å². The number of primary amides is 1. The molecule has 0 aliphatic carbocycles. The van der Waals surface area contributed by atoms with Gasteiger partial charge in [-0.2, -0.15) is 0 Å². The van der Waals surface area contributed by atoms with E-state index in [0.717, 1.165) is 22.0 Å². The normalized spacial score (nSPS) is 12.2. The van der Waals surface area contributed by atoms with Crippen LogP contribution in [0.1, 0.15) is 35.5 Å². The maximum atomic E-state index is 12.4. The van der Waals surface area contributed by atoms with Crippen LogP contribution in [0.15, 0.2) is 18.2 Å². The number of ether oxygens (including phenoxy) is 1. The lowest BCUT2D eigenvalue weighted by molar-refractivity contribution is -0.130. The Bertz CT molecular complexity index is 808. The molecule has 4 N–H and O–H groups in total. The van der Waals surface area contributed by atoms with Crippen LogP contribution < -0.4 is 11.1 Å². The molecule has 24 heavy (non-hydrogen) atoms. The summed E-state index contributed by atoms with van der Waals surface area (Å²) in [6, 6.07) is 4.65. The predicted molar refractivity (Wildman–Crippen MR) is 89.5 cm³/mol. The molecule has 1 aromatic heterocycles. The van der Waals surface area contributed by atoms with Gasteiger partial charge in [0.05, 0.1) is 0 Å². The lowest BCUT2D eigenvalue weighted by atomic mass is 10.1. The van der Waals surface area contributed by atoms with Crippen molar-refractivity contribution in [2.75, 3.05) is 0 Å². The summed E-state index contributed by atoms with van der Waals surface area (Å²) < 4.78 is 5.27. The maximum Gasteiger partial charge on any atom is 0.355 e. The van der Waals surface area contributed by atoms with Crippen LogP contribution in [0.3, 0.4) is 0 Å². The Labute approximate surface area is 139 Å². The summed E-state index contributed by atoms with van der Waals surface area (Å²) in [4.78, 5) is 38.1. The molecule has 2 aromatic rings. The molecule has 0 aliphatic rings. The fraction of sp³-hybridized carbons (Fsp3) is 0.353. The van der Waals surface area contributed by atoms with Gasteiger partial charge in [0.25, 0.3) is 5.91 Å². The molecule has 128 valence electrons. The predicted octanol–water partition coefficient (Wildman–Crippen LogP) is 2.16. The largest absolute Gasteiger partial charge is 0.447 e. The first-order valence-electron chi connectivity index (χ1n) is 7.60. The quantitative estimate of drug-likeness (QED) is 0.745. The van der Waals surface area contributed by atoms with E-state index in [1.165, 1.54) is 0 Å². The van der Waals surface area contributed by atoms with E-state index in [1.807, 2.05) is 31.3 Å². The third-order valence-corrected chi connectivity index (χ3v) is 3.65. The van der Waals surface area contributed by atoms with Crippen LogP contribution in [0.5, 0.6) is 0 Å². The lowest BCUT2D eigenvalue weighted by Gasteiger charge is -2.19. The highest BCUT2D eigenvalue weighted by Crippen LogP contribution is 2.22. The Kier molecular flexibility index (Phi) is 4.92. The molecule has 0 saturated carbocycles. The molecule has 2 rings (SSSR count). The molecule has 0 bridgehead atoms. The smallest absolute Gasteiger partial charge is 0.355 e. The average Bonchev–Trinajstić information content (AvgIpc) is 2.87. The fourth-order valence-electron chi connectivity index (χ4n) is 2.57. The summed E-state index contributed by atoms with van der Waals surface area (Å²) in [7, 11) is 0. The number of carbonyl (C=O) groups is 3. The monoisotopic (exact) mass is 331 g/mol. The van der Waals surface area contributed by atoms with Crippen LogP contribution in [0, 0.1) is 19.8 Å². The van der Waals surface area contributed by atoms with Crippen molar-refractivity contribution in [2.24, 2.45) is 11.7 Å². The number of urea groups is 1. The summed E-state index contributed by atoms with van der Waals surface area (Å²) in [5, 5.41) is 2.85. The first-order chi connectivity index (χ1) is 11.2. The van der Waals surface area contributed by atoms with Crippen LogP contribution in [0.25, 0.3) is 10.9 Å². The highest BCUT2D eigenvalue weighted by atomic mass is 16.5. The number of imide groups is 1. The fourth-order valence-corrected chi connectivity index (χ4v) is 2.57. The van der Waals surface area contributed by atoms with Crippen LogP contribution in [-0.2, 0) is 9.53 Å². The van der Waals surface area contributed by atoms with Crippen molar-refractivity contribution < 1.29 is 19.1 Å². The van der Waals surface area contributed by atoms with E-state index in [0.29, 0.717) is 0 Å². The number of amides is 3. The standard InChI is InChI=1S/C17H21N3O4/c1-8(2)14(15(21)20-17(18)23)24-16(22)13-7-11-10(4)5-9(3)6-12(11)19-13/h5-8,14,19H,1-4H3,(H3,18,20,21,23)/t14-/m0/s1. The second-order valence-electron chi connectivity index (χ2n) is 6.15. The van der Waals surface area contributed by atoms with Crippen LogP contribution in [0.4, 0.5) is 4.79 Å². The van der Waals surface area contributed by atoms with Gasteiger partial charge >= 0.3 is 12.0 Å². The number of benzene rings is 1. The Morgan fingerprint density at radius 3 is 2.42 bits per heavy atom. The molecule has 0 spiro atoms. The van der Waals surface area contributed by atoms with Crippen molar-refractivity contribution in [1.29, 1.82) is 0 Å². The Balaban J connectivity index is 2.25. The number of esters is 1. The topological polar surface area (TPSA) is 114 Å². The molecule has 3 amide bonds. The number of aromatic amines is 1. The van der Waals surface area contributed by atoms with Crippen molar-refractivity contribution in [3.63, 3.8) is 0 Å². The number of fused-ring (bicyclic) bond motifs is 1. The zero-order valence-electron chi connectivity index (χ0n) is 14.1. The Morgan fingerprint density at radius 2 is 1.83 bits per heavy atom. The summed E-state index contributed by atoms with van der Waals surface area (Å²) in [6.07, 6.45) is -1.11. The molecule has 7 heteroatoms. The van der Waals surface area contributed by atoms with Crippen LogP contribution in [0.2, 0.25) is 0 Å². The van der Waals surface area contributed by atoms with Crippen molar-refractivity contribution in [3.8, 4) is 0 Å². The highest BCUT2D eigenvalue weighted by Gasteiger charge is 2.28. The first kappa shape index (κ1) is 17.5. The highest BCUT2D eigenvalue weighted by molar-refractivity contribution is 5.99. The zero-order chi connectivity index (χ0) is 18.0. The minimum atomic E-state index is -1.11. The molecule has 1 heterocycles. The molecule has 0 radical (unpaired) electrons. The van der Waals surface area contributed by atoms with Crippen LogP contribution in [-0.4, -0.2) is 29.0 Å². The third-order valence-electron chi connectivity index (χ3n) is 3.65. The number of hydrogen-bond donors (Lipinski definition) is 3. The van der Waals surface area contributed by atoms with Crippen LogP contribution >= 0.6 is 0 Å². The van der Waals surface area contributed by atoms with Crippen molar-refractivity contribution in [2.45, 2.75) is 33.8 Å². The van der Waals surface area contributed by atoms with E-state index in [-0.39, 0.29) is 11.6 Å². The molecule has 0 aliphatic heterocycles. The van der Waals surface area contributed by atoms with Gasteiger partial charge in [-0.15, -0.1) is 0 Å². The van der Waals surface area contributed by atoms with Gasteiger partial charge in [-0.05, 0) is 43.0 Å². The number of hydrogen-bond acceptors (Lipinski definition) is 4. The van der Waals surface area contributed by atoms with E-state index >= 15 is 0 Å². The van der Waals surface area contributed by atoms with Gasteiger partial charge in [0.15, 0.2) is 6.10 Å². The molecule has 1 atom stereocenters. The number of nitrogens with two attached hydrogens (primary N) is 1. The van der Waals surface area contributed by atoms with Gasteiger partial charge in [-0.1, -0.05) is 19.9 Å². The summed E-state index contributed by atoms with van der Waals surface area (Å²) in [5.74, 6) is -1.72. The van der Waals surface area contributed by atoms with Crippen molar-refractivity contribution in [3.05, 3.63) is 35.0 Å². The molecule has 0 fully saturated rings. The number of carbonyl (C=O) groups excluding carboxylic acids is 3. The minimum absolute atomic E-state index is 0.247. The summed E-state index contributed by atoms with van der Waals surface area (Å²) in [5.41, 5.74) is 8.11. The lowest BCUT2D eigenvalue weighted by Crippen LogP contribution is -2.45. The SMILES string of the molecule is Cc1cc(C)c2cc(C(=O)O[C@H](C(=O)NC(N)=O)C(C)C)[nH]c2c1. The van der Waals surface area contributed by atoms with Gasteiger partial charge in [0, 0.05) is 10.9 Å². The van der Waals surface area contributed by atoms with Crippen molar-refractivity contribution >= 4 is 28.8 Å². The number of rotatable bonds is 4. The second kappa shape index (κ2) is 6.74. The Hall–Kier alpha value is -2.83. The van der Waals surface area contributed by atoms with Gasteiger partial charge in [-0.25, -0.2) is 9.59 Å². The first-order valence-corrected chi connectivity index (χ1v) is 7.60. The number of H-pyrrole nitrogens is 1. The average molecular weight is 331 g/mol. The molecular weight excluding hydrogens is 310 g/mol. The molecular formula is C17H21N3O4. The number of nitrogens with one attached hydrogen (secondary N) is 2. The molecule has 0 saturated heterocycles. The van der Waals surface area contributed by atoms with E-state index in [1.54, 1.807) is 19.9 Å². The molecule has 0 unspecified atom stereocenters.